The van der Waals surface area contributed by atoms with Crippen LogP contribution in [-0.4, -0.2) is 17.9 Å². The van der Waals surface area contributed by atoms with E-state index in [-0.39, 0.29) is 5.78 Å². The van der Waals surface area contributed by atoms with Crippen LogP contribution in [0, 0.1) is 6.92 Å². The number of hydrogen-bond acceptors (Lipinski definition) is 4. The van der Waals surface area contributed by atoms with Crippen LogP contribution in [0.5, 0.6) is 5.75 Å². The second-order valence-corrected chi connectivity index (χ2v) is 4.92. The number of aromatic nitrogens is 1. The Balaban J connectivity index is 2.46. The Hall–Kier alpha value is -1.39. The first-order valence-electron chi connectivity index (χ1n) is 4.92. The fourth-order valence-electron chi connectivity index (χ4n) is 1.46. The van der Waals surface area contributed by atoms with Gasteiger partial charge in [-0.15, -0.1) is 11.3 Å². The van der Waals surface area contributed by atoms with Crippen LogP contribution in [0.3, 0.4) is 0 Å². The zero-order chi connectivity index (χ0) is 12.4. The van der Waals surface area contributed by atoms with E-state index < -0.39 is 0 Å². The second-order valence-electron chi connectivity index (χ2n) is 3.43. The Morgan fingerprint density at radius 3 is 2.82 bits per heavy atom. The molecule has 2 rings (SSSR count). The first-order valence-corrected chi connectivity index (χ1v) is 6.18. The molecule has 3 nitrogen and oxygen atoms in total. The van der Waals surface area contributed by atoms with Crippen molar-refractivity contribution in [1.82, 2.24) is 4.98 Å². The minimum absolute atomic E-state index is 0.172. The van der Waals surface area contributed by atoms with E-state index in [9.17, 15) is 4.79 Å². The van der Waals surface area contributed by atoms with Gasteiger partial charge < -0.3 is 4.74 Å². The summed E-state index contributed by atoms with van der Waals surface area (Å²) in [4.78, 5) is 16.4. The van der Waals surface area contributed by atoms with Gasteiger partial charge in [0.1, 0.15) is 11.4 Å². The van der Waals surface area contributed by atoms with Crippen molar-refractivity contribution in [2.45, 2.75) is 6.92 Å². The zero-order valence-corrected chi connectivity index (χ0v) is 10.9. The summed E-state index contributed by atoms with van der Waals surface area (Å²) in [6.45, 7) is 1.86. The van der Waals surface area contributed by atoms with Gasteiger partial charge in [0.2, 0.25) is 5.78 Å². The van der Waals surface area contributed by atoms with Gasteiger partial charge in [0.05, 0.1) is 17.7 Å². The standard InChI is InChI=1S/C12H10ClNO2S/c1-7-14-10(6-17-7)12(15)9-5-8(13)3-4-11(9)16-2/h3-6H,1-2H3. The quantitative estimate of drug-likeness (QED) is 0.801. The Bertz CT molecular complexity index is 565. The highest BCUT2D eigenvalue weighted by Crippen LogP contribution is 2.25. The van der Waals surface area contributed by atoms with Crippen molar-refractivity contribution in [3.8, 4) is 5.75 Å². The molecule has 0 aliphatic heterocycles. The molecule has 0 spiro atoms. The van der Waals surface area contributed by atoms with Crippen molar-refractivity contribution in [3.05, 3.63) is 44.9 Å². The van der Waals surface area contributed by atoms with Gasteiger partial charge in [0, 0.05) is 10.4 Å². The molecular formula is C12H10ClNO2S. The first kappa shape index (κ1) is 12.1. The summed E-state index contributed by atoms with van der Waals surface area (Å²) in [5.41, 5.74) is 0.860. The average Bonchev–Trinajstić information content (AvgIpc) is 2.75. The van der Waals surface area contributed by atoms with Gasteiger partial charge in [-0.1, -0.05) is 11.6 Å². The van der Waals surface area contributed by atoms with Gasteiger partial charge in [0.15, 0.2) is 0 Å². The first-order chi connectivity index (χ1) is 8.11. The summed E-state index contributed by atoms with van der Waals surface area (Å²) in [6, 6.07) is 4.95. The van der Waals surface area contributed by atoms with Crippen molar-refractivity contribution in [2.24, 2.45) is 0 Å². The predicted molar refractivity (Wildman–Crippen MR) is 68.3 cm³/mol. The van der Waals surface area contributed by atoms with Crippen LogP contribution >= 0.6 is 22.9 Å². The number of carbonyl (C=O) groups is 1. The van der Waals surface area contributed by atoms with Crippen molar-refractivity contribution >= 4 is 28.7 Å². The SMILES string of the molecule is COc1ccc(Cl)cc1C(=O)c1csc(C)n1. The van der Waals surface area contributed by atoms with E-state index in [4.69, 9.17) is 16.3 Å². The summed E-state index contributed by atoms with van der Waals surface area (Å²) in [5.74, 6) is 0.332. The maximum absolute atomic E-state index is 12.2. The topological polar surface area (TPSA) is 39.2 Å². The highest BCUT2D eigenvalue weighted by Gasteiger charge is 2.17. The Morgan fingerprint density at radius 1 is 1.47 bits per heavy atom. The number of carbonyl (C=O) groups excluding carboxylic acids is 1. The van der Waals surface area contributed by atoms with Crippen LogP contribution < -0.4 is 4.74 Å². The van der Waals surface area contributed by atoms with Crippen molar-refractivity contribution < 1.29 is 9.53 Å². The van der Waals surface area contributed by atoms with Gasteiger partial charge in [-0.25, -0.2) is 4.98 Å². The van der Waals surface area contributed by atoms with Crippen LogP contribution in [-0.2, 0) is 0 Å². The number of ether oxygens (including phenoxy) is 1. The minimum Gasteiger partial charge on any atom is -0.496 e. The third kappa shape index (κ3) is 2.48. The van der Waals surface area contributed by atoms with Gasteiger partial charge in [0.25, 0.3) is 0 Å². The fraction of sp³-hybridized carbons (Fsp3) is 0.167. The van der Waals surface area contributed by atoms with E-state index in [0.29, 0.717) is 22.0 Å². The lowest BCUT2D eigenvalue weighted by molar-refractivity contribution is 0.103. The molecule has 88 valence electrons. The number of ketones is 1. The monoisotopic (exact) mass is 267 g/mol. The lowest BCUT2D eigenvalue weighted by Gasteiger charge is -2.06. The maximum Gasteiger partial charge on any atom is 0.215 e. The average molecular weight is 268 g/mol. The van der Waals surface area contributed by atoms with Crippen molar-refractivity contribution in [2.75, 3.05) is 7.11 Å². The van der Waals surface area contributed by atoms with Crippen molar-refractivity contribution in [3.63, 3.8) is 0 Å². The van der Waals surface area contributed by atoms with E-state index in [2.05, 4.69) is 4.98 Å². The number of rotatable bonds is 3. The van der Waals surface area contributed by atoms with Crippen molar-refractivity contribution in [1.29, 1.82) is 0 Å². The van der Waals surface area contributed by atoms with E-state index in [0.717, 1.165) is 5.01 Å². The highest BCUT2D eigenvalue weighted by atomic mass is 35.5. The van der Waals surface area contributed by atoms with Gasteiger partial charge >= 0.3 is 0 Å². The number of hydrogen-bond donors (Lipinski definition) is 0. The molecule has 0 bridgehead atoms. The van der Waals surface area contributed by atoms with E-state index in [1.165, 1.54) is 18.4 Å². The highest BCUT2D eigenvalue weighted by molar-refractivity contribution is 7.09. The minimum atomic E-state index is -0.172. The molecule has 2 aromatic rings. The number of halogens is 1. The summed E-state index contributed by atoms with van der Waals surface area (Å²) >= 11 is 7.32. The van der Waals surface area contributed by atoms with Crippen LogP contribution in [0.4, 0.5) is 0 Å². The van der Waals surface area contributed by atoms with Crippen LogP contribution in [0.1, 0.15) is 21.1 Å². The van der Waals surface area contributed by atoms with E-state index in [1.54, 1.807) is 23.6 Å². The molecule has 5 heteroatoms. The van der Waals surface area contributed by atoms with E-state index in [1.807, 2.05) is 6.92 Å². The summed E-state index contributed by atoms with van der Waals surface area (Å²) < 4.78 is 5.15. The van der Waals surface area contributed by atoms with Crippen LogP contribution in [0.25, 0.3) is 0 Å². The molecular weight excluding hydrogens is 258 g/mol. The molecule has 0 saturated heterocycles. The van der Waals surface area contributed by atoms with Gasteiger partial charge in [-0.2, -0.15) is 0 Å². The number of aryl methyl sites for hydroxylation is 1. The summed E-state index contributed by atoms with van der Waals surface area (Å²) in [6.07, 6.45) is 0. The fourth-order valence-corrected chi connectivity index (χ4v) is 2.23. The molecule has 0 amide bonds. The Labute approximate surface area is 108 Å². The van der Waals surface area contributed by atoms with E-state index >= 15 is 0 Å². The third-order valence-electron chi connectivity index (χ3n) is 2.26. The van der Waals surface area contributed by atoms with Crippen LogP contribution in [0.2, 0.25) is 5.02 Å². The smallest absolute Gasteiger partial charge is 0.215 e. The molecule has 1 heterocycles. The predicted octanol–water partition coefficient (Wildman–Crippen LogP) is 3.34. The third-order valence-corrected chi connectivity index (χ3v) is 3.27. The lowest BCUT2D eigenvalue weighted by Crippen LogP contribution is -2.04. The second kappa shape index (κ2) is 4.85. The normalized spacial score (nSPS) is 10.3. The summed E-state index contributed by atoms with van der Waals surface area (Å²) in [7, 11) is 1.52. The molecule has 0 N–H and O–H groups in total. The number of benzene rings is 1. The van der Waals surface area contributed by atoms with Crippen LogP contribution in [0.15, 0.2) is 23.6 Å². The Morgan fingerprint density at radius 2 is 2.24 bits per heavy atom. The number of thiazole rings is 1. The molecule has 0 aliphatic carbocycles. The van der Waals surface area contributed by atoms with Gasteiger partial charge in [-0.05, 0) is 25.1 Å². The lowest BCUT2D eigenvalue weighted by atomic mass is 10.1. The summed E-state index contributed by atoms with van der Waals surface area (Å²) in [5, 5.41) is 3.09. The number of methoxy groups -OCH3 is 1. The molecule has 0 fully saturated rings. The van der Waals surface area contributed by atoms with Gasteiger partial charge in [-0.3, -0.25) is 4.79 Å². The molecule has 0 radical (unpaired) electrons. The molecule has 0 atom stereocenters. The maximum atomic E-state index is 12.2. The number of nitrogens with zero attached hydrogens (tertiary/aromatic N) is 1. The molecule has 0 unspecified atom stereocenters. The zero-order valence-electron chi connectivity index (χ0n) is 9.36. The molecule has 0 saturated carbocycles. The molecule has 1 aromatic heterocycles. The molecule has 0 aliphatic rings. The molecule has 1 aromatic carbocycles. The Kier molecular flexibility index (Phi) is 3.45. The molecule has 17 heavy (non-hydrogen) atoms. The largest absolute Gasteiger partial charge is 0.496 e.